The molecule has 1 amide bonds. The fraction of sp³-hybridized carbons (Fsp3) is 0.400. The van der Waals surface area contributed by atoms with Crippen LogP contribution in [0.1, 0.15) is 34.9 Å². The summed E-state index contributed by atoms with van der Waals surface area (Å²) in [5, 5.41) is 10.1. The first-order valence-corrected chi connectivity index (χ1v) is 7.13. The Morgan fingerprint density at radius 3 is 2.91 bits per heavy atom. The minimum Gasteiger partial charge on any atom is -0.497 e. The number of aromatic amines is 1. The van der Waals surface area contributed by atoms with E-state index in [-0.39, 0.29) is 11.9 Å². The van der Waals surface area contributed by atoms with Crippen LogP contribution in [-0.2, 0) is 0 Å². The predicted octanol–water partition coefficient (Wildman–Crippen LogP) is 1.80. The van der Waals surface area contributed by atoms with E-state index < -0.39 is 0 Å². The molecule has 1 N–H and O–H groups in total. The van der Waals surface area contributed by atoms with Gasteiger partial charge in [-0.15, -0.1) is 0 Å². The topological polar surface area (TPSA) is 80.3 Å². The first-order chi connectivity index (χ1) is 10.7. The summed E-state index contributed by atoms with van der Waals surface area (Å²) in [5.74, 6) is 1.34. The van der Waals surface area contributed by atoms with E-state index in [0.717, 1.165) is 29.9 Å². The largest absolute Gasteiger partial charge is 0.497 e. The molecule has 1 saturated heterocycles. The van der Waals surface area contributed by atoms with Gasteiger partial charge in [-0.05, 0) is 25.0 Å². The number of amides is 1. The molecule has 1 atom stereocenters. The van der Waals surface area contributed by atoms with Crippen molar-refractivity contribution >= 4 is 5.91 Å². The number of nitrogens with one attached hydrogen (secondary N) is 1. The molecule has 7 nitrogen and oxygen atoms in total. The lowest BCUT2D eigenvalue weighted by atomic mass is 10.0. The molecule has 0 aliphatic carbocycles. The summed E-state index contributed by atoms with van der Waals surface area (Å²) in [4.78, 5) is 14.4. The number of likely N-dealkylation sites (tertiary alicyclic amines) is 1. The molecule has 22 heavy (non-hydrogen) atoms. The van der Waals surface area contributed by atoms with Crippen molar-refractivity contribution in [1.82, 2.24) is 20.3 Å². The highest BCUT2D eigenvalue weighted by molar-refractivity contribution is 5.92. The van der Waals surface area contributed by atoms with Crippen LogP contribution in [0.15, 0.2) is 24.4 Å². The summed E-state index contributed by atoms with van der Waals surface area (Å²) in [6, 6.07) is 5.66. The smallest absolute Gasteiger partial charge is 0.276 e. The van der Waals surface area contributed by atoms with E-state index in [9.17, 15) is 4.79 Å². The molecule has 2 aromatic rings. The third-order valence-electron chi connectivity index (χ3n) is 3.95. The first-order valence-electron chi connectivity index (χ1n) is 7.13. The Labute approximate surface area is 128 Å². The van der Waals surface area contributed by atoms with Gasteiger partial charge in [-0.1, -0.05) is 0 Å². The van der Waals surface area contributed by atoms with Gasteiger partial charge in [0.05, 0.1) is 26.5 Å². The van der Waals surface area contributed by atoms with Crippen molar-refractivity contribution in [3.63, 3.8) is 0 Å². The van der Waals surface area contributed by atoms with Crippen LogP contribution < -0.4 is 9.47 Å². The van der Waals surface area contributed by atoms with Gasteiger partial charge in [0.1, 0.15) is 11.5 Å². The van der Waals surface area contributed by atoms with Crippen LogP contribution in [-0.4, -0.2) is 47.0 Å². The number of carbonyl (C=O) groups excluding carboxylic acids is 1. The summed E-state index contributed by atoms with van der Waals surface area (Å²) in [6.07, 6.45) is 3.29. The summed E-state index contributed by atoms with van der Waals surface area (Å²) >= 11 is 0. The molecule has 1 aliphatic heterocycles. The molecule has 2 heterocycles. The number of ether oxygens (including phenoxy) is 2. The van der Waals surface area contributed by atoms with E-state index in [2.05, 4.69) is 15.4 Å². The van der Waals surface area contributed by atoms with Gasteiger partial charge in [0, 0.05) is 18.2 Å². The third-order valence-corrected chi connectivity index (χ3v) is 3.95. The standard InChI is InChI=1S/C15H18N4O3/c1-21-10-5-6-11(14(8-10)22-2)13-4-3-7-19(13)15(20)12-9-16-18-17-12/h5-6,8-9,13H,3-4,7H2,1-2H3,(H,16,17,18)/t13-/m0/s1. The minimum absolute atomic E-state index is 0.0231. The second-order valence-electron chi connectivity index (χ2n) is 5.12. The molecular weight excluding hydrogens is 284 g/mol. The van der Waals surface area contributed by atoms with Crippen molar-refractivity contribution in [3.8, 4) is 11.5 Å². The highest BCUT2D eigenvalue weighted by atomic mass is 16.5. The zero-order chi connectivity index (χ0) is 15.5. The Hall–Kier alpha value is -2.57. The summed E-state index contributed by atoms with van der Waals surface area (Å²) in [7, 11) is 3.24. The highest BCUT2D eigenvalue weighted by Crippen LogP contribution is 2.39. The molecule has 1 aromatic carbocycles. The summed E-state index contributed by atoms with van der Waals surface area (Å²) < 4.78 is 10.7. The Balaban J connectivity index is 1.91. The molecule has 1 aromatic heterocycles. The Morgan fingerprint density at radius 2 is 2.23 bits per heavy atom. The van der Waals surface area contributed by atoms with Crippen LogP contribution in [0.4, 0.5) is 0 Å². The molecule has 3 rings (SSSR count). The molecular formula is C15H18N4O3. The van der Waals surface area contributed by atoms with Gasteiger partial charge in [0.15, 0.2) is 5.69 Å². The maximum absolute atomic E-state index is 12.6. The highest BCUT2D eigenvalue weighted by Gasteiger charge is 2.33. The molecule has 0 saturated carbocycles. The van der Waals surface area contributed by atoms with E-state index in [4.69, 9.17) is 9.47 Å². The maximum Gasteiger partial charge on any atom is 0.276 e. The molecule has 0 unspecified atom stereocenters. The molecule has 0 bridgehead atoms. The third kappa shape index (κ3) is 2.49. The fourth-order valence-corrected chi connectivity index (χ4v) is 2.88. The lowest BCUT2D eigenvalue weighted by molar-refractivity contribution is 0.0728. The number of aromatic nitrogens is 3. The van der Waals surface area contributed by atoms with Gasteiger partial charge in [-0.2, -0.15) is 15.4 Å². The maximum atomic E-state index is 12.6. The van der Waals surface area contributed by atoms with Crippen LogP contribution in [0.25, 0.3) is 0 Å². The Kier molecular flexibility index (Phi) is 3.95. The van der Waals surface area contributed by atoms with Crippen LogP contribution in [0, 0.1) is 0 Å². The number of rotatable bonds is 4. The fourth-order valence-electron chi connectivity index (χ4n) is 2.88. The number of hydrogen-bond acceptors (Lipinski definition) is 5. The Bertz CT molecular complexity index is 657. The molecule has 7 heteroatoms. The molecule has 0 spiro atoms. The summed E-state index contributed by atoms with van der Waals surface area (Å²) in [5.41, 5.74) is 1.32. The zero-order valence-corrected chi connectivity index (χ0v) is 12.6. The van der Waals surface area contributed by atoms with E-state index in [1.54, 1.807) is 14.2 Å². The van der Waals surface area contributed by atoms with Crippen LogP contribution >= 0.6 is 0 Å². The van der Waals surface area contributed by atoms with Crippen molar-refractivity contribution < 1.29 is 14.3 Å². The van der Waals surface area contributed by atoms with Crippen molar-refractivity contribution in [2.75, 3.05) is 20.8 Å². The molecule has 1 fully saturated rings. The lowest BCUT2D eigenvalue weighted by Gasteiger charge is -2.25. The van der Waals surface area contributed by atoms with E-state index in [1.165, 1.54) is 6.20 Å². The van der Waals surface area contributed by atoms with Gasteiger partial charge < -0.3 is 14.4 Å². The molecule has 116 valence electrons. The van der Waals surface area contributed by atoms with Crippen LogP contribution in [0.2, 0.25) is 0 Å². The quantitative estimate of drug-likeness (QED) is 0.931. The van der Waals surface area contributed by atoms with Gasteiger partial charge >= 0.3 is 0 Å². The average molecular weight is 302 g/mol. The lowest BCUT2D eigenvalue weighted by Crippen LogP contribution is -2.31. The van der Waals surface area contributed by atoms with E-state index in [0.29, 0.717) is 12.2 Å². The van der Waals surface area contributed by atoms with Crippen molar-refractivity contribution in [3.05, 3.63) is 35.7 Å². The number of methoxy groups -OCH3 is 2. The van der Waals surface area contributed by atoms with Gasteiger partial charge in [0.25, 0.3) is 5.91 Å². The number of nitrogens with zero attached hydrogens (tertiary/aromatic N) is 3. The minimum atomic E-state index is -0.117. The SMILES string of the molecule is COc1ccc([C@@H]2CCCN2C(=O)c2cn[nH]n2)c(OC)c1. The van der Waals surface area contributed by atoms with Crippen LogP contribution in [0.3, 0.4) is 0 Å². The second kappa shape index (κ2) is 6.05. The van der Waals surface area contributed by atoms with Crippen molar-refractivity contribution in [2.45, 2.75) is 18.9 Å². The monoisotopic (exact) mass is 302 g/mol. The molecule has 1 aliphatic rings. The number of H-pyrrole nitrogens is 1. The van der Waals surface area contributed by atoms with Gasteiger partial charge in [-0.3, -0.25) is 4.79 Å². The normalized spacial score (nSPS) is 17.5. The zero-order valence-electron chi connectivity index (χ0n) is 12.6. The van der Waals surface area contributed by atoms with Crippen LogP contribution in [0.5, 0.6) is 11.5 Å². The van der Waals surface area contributed by atoms with Crippen molar-refractivity contribution in [1.29, 1.82) is 0 Å². The van der Waals surface area contributed by atoms with Gasteiger partial charge in [0.2, 0.25) is 0 Å². The second-order valence-corrected chi connectivity index (χ2v) is 5.12. The molecule has 0 radical (unpaired) electrons. The number of hydrogen-bond donors (Lipinski definition) is 1. The van der Waals surface area contributed by atoms with E-state index in [1.807, 2.05) is 23.1 Å². The van der Waals surface area contributed by atoms with Gasteiger partial charge in [-0.25, -0.2) is 0 Å². The Morgan fingerprint density at radius 1 is 1.36 bits per heavy atom. The summed E-state index contributed by atoms with van der Waals surface area (Å²) in [6.45, 7) is 0.700. The van der Waals surface area contributed by atoms with E-state index >= 15 is 0 Å². The first kappa shape index (κ1) is 14.4. The number of carbonyl (C=O) groups is 1. The van der Waals surface area contributed by atoms with Crippen molar-refractivity contribution in [2.24, 2.45) is 0 Å². The number of benzene rings is 1. The average Bonchev–Trinajstić information content (AvgIpc) is 3.24. The predicted molar refractivity (Wildman–Crippen MR) is 78.9 cm³/mol.